The largest absolute Gasteiger partial charge is 0.357 e. The highest BCUT2D eigenvalue weighted by Crippen LogP contribution is 2.26. The summed E-state index contributed by atoms with van der Waals surface area (Å²) in [5.41, 5.74) is 17.4. The quantitative estimate of drug-likeness (QED) is 0.362. The Balaban J connectivity index is 0.000000192. The van der Waals surface area contributed by atoms with E-state index in [0.717, 1.165) is 38.9 Å². The van der Waals surface area contributed by atoms with Crippen molar-refractivity contribution >= 4 is 31.8 Å². The second-order valence-electron chi connectivity index (χ2n) is 8.22. The molecule has 0 atom stereocenters. The van der Waals surface area contributed by atoms with Crippen LogP contribution in [0.1, 0.15) is 28.3 Å². The standard InChI is InChI=1S/C16H17N3O2S.C9H11N3/c1-11-3-5-15(6-4-11)22(20,21)19-14(9-17)8-13-10-18-12(2)7-16(13)19;1-6-2-9-7(5-11-6)3-8(4-10)12-9/h3-8,10H,9,17H2,1-2H3;2-3,5,12H,4,10H2,1H3. The van der Waals surface area contributed by atoms with Gasteiger partial charge in [-0.2, -0.15) is 0 Å². The van der Waals surface area contributed by atoms with Crippen LogP contribution >= 0.6 is 0 Å². The van der Waals surface area contributed by atoms with Crippen molar-refractivity contribution in [1.29, 1.82) is 0 Å². The number of hydrogen-bond donors (Lipinski definition) is 3. The zero-order valence-corrected chi connectivity index (χ0v) is 20.2. The fourth-order valence-electron chi connectivity index (χ4n) is 3.78. The summed E-state index contributed by atoms with van der Waals surface area (Å²) in [4.78, 5) is 11.9. The van der Waals surface area contributed by atoms with Gasteiger partial charge < -0.3 is 16.5 Å². The van der Waals surface area contributed by atoms with Crippen LogP contribution in [0.15, 0.2) is 65.8 Å². The predicted molar refractivity (Wildman–Crippen MR) is 135 cm³/mol. The Bertz CT molecular complexity index is 1570. The summed E-state index contributed by atoms with van der Waals surface area (Å²) in [6.07, 6.45) is 3.53. The molecule has 0 unspecified atom stereocenters. The molecular formula is C25H28N6O2S. The average Bonchev–Trinajstić information content (AvgIpc) is 3.40. The van der Waals surface area contributed by atoms with E-state index in [1.807, 2.05) is 39.1 Å². The molecule has 4 heterocycles. The average molecular weight is 477 g/mol. The fraction of sp³-hybridized carbons (Fsp3) is 0.200. The van der Waals surface area contributed by atoms with Gasteiger partial charge in [-0.1, -0.05) is 17.7 Å². The summed E-state index contributed by atoms with van der Waals surface area (Å²) in [6, 6.07) is 14.4. The molecule has 0 aliphatic rings. The molecule has 1 aromatic carbocycles. The third-order valence-corrected chi connectivity index (χ3v) is 7.31. The lowest BCUT2D eigenvalue weighted by molar-refractivity contribution is 0.587. The van der Waals surface area contributed by atoms with Crippen molar-refractivity contribution in [1.82, 2.24) is 18.9 Å². The van der Waals surface area contributed by atoms with E-state index >= 15 is 0 Å². The van der Waals surface area contributed by atoms with Crippen molar-refractivity contribution < 1.29 is 8.42 Å². The van der Waals surface area contributed by atoms with Gasteiger partial charge in [-0.3, -0.25) is 9.97 Å². The lowest BCUT2D eigenvalue weighted by Gasteiger charge is -2.11. The van der Waals surface area contributed by atoms with Crippen LogP contribution in [0, 0.1) is 20.8 Å². The summed E-state index contributed by atoms with van der Waals surface area (Å²) in [6.45, 7) is 6.41. The number of rotatable bonds is 4. The summed E-state index contributed by atoms with van der Waals surface area (Å²) >= 11 is 0. The molecule has 5 aromatic rings. The lowest BCUT2D eigenvalue weighted by atomic mass is 10.2. The number of aromatic nitrogens is 4. The molecule has 0 amide bonds. The van der Waals surface area contributed by atoms with Crippen molar-refractivity contribution in [2.75, 3.05) is 0 Å². The molecule has 4 aromatic heterocycles. The zero-order valence-electron chi connectivity index (χ0n) is 19.4. The number of nitrogens with two attached hydrogens (primary N) is 2. The predicted octanol–water partition coefficient (Wildman–Crippen LogP) is 3.68. The third kappa shape index (κ3) is 4.58. The highest BCUT2D eigenvalue weighted by Gasteiger charge is 2.22. The first kappa shape index (κ1) is 23.6. The number of benzene rings is 1. The first-order chi connectivity index (χ1) is 16.2. The van der Waals surface area contributed by atoms with Gasteiger partial charge in [-0.25, -0.2) is 12.4 Å². The van der Waals surface area contributed by atoms with Gasteiger partial charge >= 0.3 is 0 Å². The SMILES string of the molecule is Cc1cc2[nH]c(CN)cc2cn1.Cc1ccc(S(=O)(=O)n2c(CN)cc3cnc(C)cc32)cc1. The topological polar surface area (TPSA) is 133 Å². The van der Waals surface area contributed by atoms with E-state index in [4.69, 9.17) is 11.5 Å². The minimum Gasteiger partial charge on any atom is -0.357 e. The van der Waals surface area contributed by atoms with Gasteiger partial charge in [0.15, 0.2) is 0 Å². The number of H-pyrrole nitrogens is 1. The molecule has 0 bridgehead atoms. The van der Waals surface area contributed by atoms with Gasteiger partial charge in [0.05, 0.1) is 10.4 Å². The second kappa shape index (κ2) is 9.38. The summed E-state index contributed by atoms with van der Waals surface area (Å²) in [7, 11) is -3.69. The molecule has 0 aliphatic heterocycles. The first-order valence-corrected chi connectivity index (χ1v) is 12.3. The van der Waals surface area contributed by atoms with E-state index in [1.165, 1.54) is 3.97 Å². The maximum absolute atomic E-state index is 13.0. The summed E-state index contributed by atoms with van der Waals surface area (Å²) in [5, 5.41) is 1.89. The van der Waals surface area contributed by atoms with E-state index in [1.54, 1.807) is 42.6 Å². The Labute approximate surface area is 198 Å². The minimum atomic E-state index is -3.69. The molecule has 0 fully saturated rings. The monoisotopic (exact) mass is 476 g/mol. The Hall–Kier alpha value is -3.53. The third-order valence-electron chi connectivity index (χ3n) is 5.54. The van der Waals surface area contributed by atoms with Crippen molar-refractivity contribution in [2.45, 2.75) is 38.8 Å². The van der Waals surface area contributed by atoms with E-state index in [2.05, 4.69) is 15.0 Å². The highest BCUT2D eigenvalue weighted by molar-refractivity contribution is 7.90. The van der Waals surface area contributed by atoms with E-state index in [9.17, 15) is 8.42 Å². The molecule has 34 heavy (non-hydrogen) atoms. The van der Waals surface area contributed by atoms with Crippen LogP contribution in [0.2, 0.25) is 0 Å². The fourth-order valence-corrected chi connectivity index (χ4v) is 5.32. The molecule has 9 heteroatoms. The number of pyridine rings is 2. The highest BCUT2D eigenvalue weighted by atomic mass is 32.2. The van der Waals surface area contributed by atoms with Gasteiger partial charge in [-0.05, 0) is 57.2 Å². The Morgan fingerprint density at radius 2 is 1.50 bits per heavy atom. The van der Waals surface area contributed by atoms with Crippen molar-refractivity contribution in [3.8, 4) is 0 Å². The molecule has 0 saturated heterocycles. The van der Waals surface area contributed by atoms with E-state index < -0.39 is 10.0 Å². The molecule has 0 spiro atoms. The van der Waals surface area contributed by atoms with Gasteiger partial charge in [0, 0.05) is 64.5 Å². The zero-order chi connectivity index (χ0) is 24.5. The van der Waals surface area contributed by atoms with E-state index in [-0.39, 0.29) is 11.4 Å². The number of hydrogen-bond acceptors (Lipinski definition) is 6. The van der Waals surface area contributed by atoms with Gasteiger partial charge in [-0.15, -0.1) is 0 Å². The number of nitrogens with one attached hydrogen (secondary N) is 1. The van der Waals surface area contributed by atoms with Crippen LogP contribution in [0.5, 0.6) is 0 Å². The number of aryl methyl sites for hydroxylation is 3. The number of nitrogens with zero attached hydrogens (tertiary/aromatic N) is 3. The molecule has 0 aliphatic carbocycles. The molecule has 0 saturated carbocycles. The van der Waals surface area contributed by atoms with Crippen LogP contribution in [-0.4, -0.2) is 27.3 Å². The Morgan fingerprint density at radius 3 is 2.15 bits per heavy atom. The van der Waals surface area contributed by atoms with Crippen molar-refractivity contribution in [3.05, 3.63) is 89.3 Å². The van der Waals surface area contributed by atoms with Gasteiger partial charge in [0.25, 0.3) is 10.0 Å². The normalized spacial score (nSPS) is 11.6. The van der Waals surface area contributed by atoms with Gasteiger partial charge in [0.2, 0.25) is 0 Å². The summed E-state index contributed by atoms with van der Waals surface area (Å²) in [5.74, 6) is 0. The van der Waals surface area contributed by atoms with Crippen LogP contribution in [0.3, 0.4) is 0 Å². The molecule has 8 nitrogen and oxygen atoms in total. The van der Waals surface area contributed by atoms with Crippen molar-refractivity contribution in [2.24, 2.45) is 11.5 Å². The number of aromatic amines is 1. The Kier molecular flexibility index (Phi) is 6.52. The second-order valence-corrected chi connectivity index (χ2v) is 10.0. The molecule has 5 rings (SSSR count). The molecule has 5 N–H and O–H groups in total. The van der Waals surface area contributed by atoms with Crippen LogP contribution in [-0.2, 0) is 23.1 Å². The van der Waals surface area contributed by atoms with Gasteiger partial charge in [0.1, 0.15) is 0 Å². The Morgan fingerprint density at radius 1 is 0.853 bits per heavy atom. The molecule has 0 radical (unpaired) electrons. The minimum absolute atomic E-state index is 0.138. The smallest absolute Gasteiger partial charge is 0.268 e. The first-order valence-electron chi connectivity index (χ1n) is 10.9. The van der Waals surface area contributed by atoms with Crippen LogP contribution in [0.25, 0.3) is 21.8 Å². The number of fused-ring (bicyclic) bond motifs is 2. The molecule has 176 valence electrons. The van der Waals surface area contributed by atoms with Crippen molar-refractivity contribution in [3.63, 3.8) is 0 Å². The van der Waals surface area contributed by atoms with Crippen LogP contribution in [0.4, 0.5) is 0 Å². The van der Waals surface area contributed by atoms with E-state index in [0.29, 0.717) is 17.8 Å². The van der Waals surface area contributed by atoms with Crippen LogP contribution < -0.4 is 11.5 Å². The summed E-state index contributed by atoms with van der Waals surface area (Å²) < 4.78 is 27.3. The molecular weight excluding hydrogens is 448 g/mol. The maximum Gasteiger partial charge on any atom is 0.268 e. The maximum atomic E-state index is 13.0. The lowest BCUT2D eigenvalue weighted by Crippen LogP contribution is -2.17.